The zero-order valence-corrected chi connectivity index (χ0v) is 8.16. The van der Waals surface area contributed by atoms with Crippen molar-refractivity contribution in [3.63, 3.8) is 0 Å². The predicted octanol–water partition coefficient (Wildman–Crippen LogP) is -0.176. The van der Waals surface area contributed by atoms with Crippen LogP contribution in [0.4, 0.5) is 0 Å². The summed E-state index contributed by atoms with van der Waals surface area (Å²) in [5.74, 6) is -0.0430. The number of nitrogens with zero attached hydrogens (tertiary/aromatic N) is 1. The molecule has 0 spiro atoms. The summed E-state index contributed by atoms with van der Waals surface area (Å²) in [6.07, 6.45) is 1.78. The molecule has 0 amide bonds. The fraction of sp³-hybridized carbons (Fsp3) is 0.444. The number of hydrogen-bond acceptors (Lipinski definition) is 3. The van der Waals surface area contributed by atoms with Gasteiger partial charge in [-0.25, -0.2) is 4.79 Å². The Kier molecular flexibility index (Phi) is 3.01. The molecule has 0 aliphatic rings. The van der Waals surface area contributed by atoms with Crippen LogP contribution in [0.2, 0.25) is 0 Å². The molecule has 1 aromatic heterocycles. The molecule has 0 aliphatic carbocycles. The Bertz CT molecular complexity index is 456. The molecule has 0 bridgehead atoms. The van der Waals surface area contributed by atoms with E-state index in [1.54, 1.807) is 13.8 Å². The maximum absolute atomic E-state index is 11.2. The summed E-state index contributed by atoms with van der Waals surface area (Å²) >= 11 is 0. The topological polar surface area (TPSA) is 71.9 Å². The molecule has 0 aromatic carbocycles. The van der Waals surface area contributed by atoms with Gasteiger partial charge in [-0.15, -0.1) is 0 Å². The molecule has 0 aliphatic heterocycles. The lowest BCUT2D eigenvalue weighted by Crippen LogP contribution is -2.32. The van der Waals surface area contributed by atoms with Crippen LogP contribution >= 0.6 is 0 Å². The minimum absolute atomic E-state index is 0.0208. The third kappa shape index (κ3) is 2.18. The fourth-order valence-corrected chi connectivity index (χ4v) is 1.04. The summed E-state index contributed by atoms with van der Waals surface area (Å²) in [4.78, 5) is 35.4. The van der Waals surface area contributed by atoms with Crippen molar-refractivity contribution in [1.29, 1.82) is 0 Å². The van der Waals surface area contributed by atoms with Crippen LogP contribution in [0.25, 0.3) is 0 Å². The second kappa shape index (κ2) is 4.04. The van der Waals surface area contributed by atoms with E-state index in [2.05, 4.69) is 4.98 Å². The highest BCUT2D eigenvalue weighted by Gasteiger charge is 2.04. The molecule has 0 radical (unpaired) electrons. The van der Waals surface area contributed by atoms with Gasteiger partial charge in [0.1, 0.15) is 0 Å². The molecule has 1 rings (SSSR count). The van der Waals surface area contributed by atoms with Crippen molar-refractivity contribution in [1.82, 2.24) is 9.55 Å². The lowest BCUT2D eigenvalue weighted by atomic mass is 10.3. The predicted molar refractivity (Wildman–Crippen MR) is 51.4 cm³/mol. The van der Waals surface area contributed by atoms with E-state index >= 15 is 0 Å². The van der Waals surface area contributed by atoms with Crippen LogP contribution in [0, 0.1) is 6.92 Å². The first-order valence-corrected chi connectivity index (χ1v) is 4.36. The van der Waals surface area contributed by atoms with Gasteiger partial charge in [0.15, 0.2) is 5.78 Å². The second-order valence-corrected chi connectivity index (χ2v) is 3.09. The smallest absolute Gasteiger partial charge is 0.298 e. The highest BCUT2D eigenvalue weighted by atomic mass is 16.2. The lowest BCUT2D eigenvalue weighted by Gasteiger charge is -2.03. The van der Waals surface area contributed by atoms with Crippen LogP contribution in [0.3, 0.4) is 0 Å². The number of aryl methyl sites for hydroxylation is 1. The van der Waals surface area contributed by atoms with E-state index in [4.69, 9.17) is 0 Å². The summed E-state index contributed by atoms with van der Waals surface area (Å²) < 4.78 is 1.21. The average Bonchev–Trinajstić information content (AvgIpc) is 2.14. The summed E-state index contributed by atoms with van der Waals surface area (Å²) in [5.41, 5.74) is -0.522. The van der Waals surface area contributed by atoms with Gasteiger partial charge in [-0.1, -0.05) is 6.92 Å². The first-order chi connectivity index (χ1) is 6.54. The Balaban J connectivity index is 3.11. The maximum Gasteiger partial charge on any atom is 0.328 e. The van der Waals surface area contributed by atoms with Crippen molar-refractivity contribution in [3.8, 4) is 0 Å². The quantitative estimate of drug-likeness (QED) is 0.729. The van der Waals surface area contributed by atoms with Crippen LogP contribution in [0.1, 0.15) is 18.9 Å². The van der Waals surface area contributed by atoms with Crippen LogP contribution in [-0.2, 0) is 11.3 Å². The standard InChI is InChI=1S/C9H12N2O3/c1-3-7(12)5-11-4-6(2)8(13)10-9(11)14/h4H,3,5H2,1-2H3,(H,10,13,14). The Morgan fingerprint density at radius 1 is 1.50 bits per heavy atom. The van der Waals surface area contributed by atoms with E-state index in [9.17, 15) is 14.4 Å². The third-order valence-corrected chi connectivity index (χ3v) is 1.93. The zero-order valence-electron chi connectivity index (χ0n) is 8.16. The van der Waals surface area contributed by atoms with Crippen molar-refractivity contribution in [3.05, 3.63) is 32.6 Å². The average molecular weight is 196 g/mol. The monoisotopic (exact) mass is 196 g/mol. The number of ketones is 1. The minimum atomic E-state index is -0.539. The Labute approximate surface area is 80.4 Å². The highest BCUT2D eigenvalue weighted by Crippen LogP contribution is 1.88. The molecule has 1 heterocycles. The molecular weight excluding hydrogens is 184 g/mol. The van der Waals surface area contributed by atoms with Gasteiger partial charge in [-0.2, -0.15) is 0 Å². The van der Waals surface area contributed by atoms with E-state index < -0.39 is 11.2 Å². The van der Waals surface area contributed by atoms with E-state index in [0.717, 1.165) is 0 Å². The zero-order chi connectivity index (χ0) is 10.7. The lowest BCUT2D eigenvalue weighted by molar-refractivity contribution is -0.119. The normalized spacial score (nSPS) is 10.1. The van der Waals surface area contributed by atoms with Crippen molar-refractivity contribution >= 4 is 5.78 Å². The van der Waals surface area contributed by atoms with Gasteiger partial charge in [-0.3, -0.25) is 19.1 Å². The number of carbonyl (C=O) groups is 1. The van der Waals surface area contributed by atoms with Crippen molar-refractivity contribution < 1.29 is 4.79 Å². The largest absolute Gasteiger partial charge is 0.328 e. The van der Waals surface area contributed by atoms with Crippen LogP contribution in [0.5, 0.6) is 0 Å². The van der Waals surface area contributed by atoms with Crippen molar-refractivity contribution in [2.75, 3.05) is 0 Å². The Morgan fingerprint density at radius 2 is 2.14 bits per heavy atom. The molecule has 0 unspecified atom stereocenters. The van der Waals surface area contributed by atoms with Gasteiger partial charge in [0, 0.05) is 18.2 Å². The van der Waals surface area contributed by atoms with E-state index in [1.165, 1.54) is 10.8 Å². The van der Waals surface area contributed by atoms with Gasteiger partial charge in [0.05, 0.1) is 6.54 Å². The first-order valence-electron chi connectivity index (χ1n) is 4.36. The molecule has 1 aromatic rings. The van der Waals surface area contributed by atoms with Gasteiger partial charge >= 0.3 is 5.69 Å². The highest BCUT2D eigenvalue weighted by molar-refractivity contribution is 5.77. The molecule has 0 saturated carbocycles. The maximum atomic E-state index is 11.2. The van der Waals surface area contributed by atoms with Crippen molar-refractivity contribution in [2.45, 2.75) is 26.8 Å². The van der Waals surface area contributed by atoms with E-state index in [1.807, 2.05) is 0 Å². The summed E-state index contributed by atoms with van der Waals surface area (Å²) in [6.45, 7) is 3.34. The molecular formula is C9H12N2O3. The van der Waals surface area contributed by atoms with E-state index in [0.29, 0.717) is 12.0 Å². The number of H-pyrrole nitrogens is 1. The SMILES string of the molecule is CCC(=O)Cn1cc(C)c(=O)[nH]c1=O. The number of aromatic nitrogens is 2. The summed E-state index contributed by atoms with van der Waals surface area (Å²) in [6, 6.07) is 0. The number of hydrogen-bond donors (Lipinski definition) is 1. The minimum Gasteiger partial charge on any atom is -0.298 e. The number of nitrogens with one attached hydrogen (secondary N) is 1. The van der Waals surface area contributed by atoms with Crippen LogP contribution in [0.15, 0.2) is 15.8 Å². The van der Waals surface area contributed by atoms with Crippen LogP contribution < -0.4 is 11.2 Å². The summed E-state index contributed by atoms with van der Waals surface area (Å²) in [5, 5.41) is 0. The number of rotatable bonds is 3. The fourth-order valence-electron chi connectivity index (χ4n) is 1.04. The molecule has 1 N–H and O–H groups in total. The molecule has 0 saturated heterocycles. The number of carbonyl (C=O) groups excluding carboxylic acids is 1. The van der Waals surface area contributed by atoms with Gasteiger partial charge in [0.2, 0.25) is 0 Å². The molecule has 76 valence electrons. The Hall–Kier alpha value is -1.65. The first kappa shape index (κ1) is 10.4. The second-order valence-electron chi connectivity index (χ2n) is 3.09. The Morgan fingerprint density at radius 3 is 2.71 bits per heavy atom. The van der Waals surface area contributed by atoms with Gasteiger partial charge in [0.25, 0.3) is 5.56 Å². The van der Waals surface area contributed by atoms with Crippen molar-refractivity contribution in [2.24, 2.45) is 0 Å². The molecule has 5 nitrogen and oxygen atoms in total. The molecule has 14 heavy (non-hydrogen) atoms. The van der Waals surface area contributed by atoms with E-state index in [-0.39, 0.29) is 12.3 Å². The molecule has 0 atom stereocenters. The number of Topliss-reactive ketones (excluding diaryl/α,β-unsaturated/α-hetero) is 1. The van der Waals surface area contributed by atoms with Gasteiger partial charge in [-0.05, 0) is 6.92 Å². The van der Waals surface area contributed by atoms with Crippen LogP contribution in [-0.4, -0.2) is 15.3 Å². The third-order valence-electron chi connectivity index (χ3n) is 1.93. The number of aromatic amines is 1. The molecule has 0 fully saturated rings. The van der Waals surface area contributed by atoms with Gasteiger partial charge < -0.3 is 0 Å². The summed E-state index contributed by atoms with van der Waals surface area (Å²) in [7, 11) is 0. The molecule has 5 heteroatoms.